The minimum absolute atomic E-state index is 0.530. The molecule has 0 fully saturated rings. The van der Waals surface area contributed by atoms with E-state index in [1.165, 1.54) is 55.6 Å². The first-order valence-corrected chi connectivity index (χ1v) is 28.6. The van der Waals surface area contributed by atoms with Crippen LogP contribution < -0.4 is 14.4 Å². The summed E-state index contributed by atoms with van der Waals surface area (Å²) in [5, 5.41) is 0. The summed E-state index contributed by atoms with van der Waals surface area (Å²) in [5.74, 6) is 3.57. The highest BCUT2D eigenvalue weighted by molar-refractivity contribution is 5.95. The van der Waals surface area contributed by atoms with Gasteiger partial charge in [0.05, 0.1) is 16.5 Å². The lowest BCUT2D eigenvalue weighted by Crippen LogP contribution is -2.32. The van der Waals surface area contributed by atoms with Crippen molar-refractivity contribution in [3.63, 3.8) is 0 Å². The van der Waals surface area contributed by atoms with Gasteiger partial charge in [-0.2, -0.15) is 0 Å². The first-order valence-electron chi connectivity index (χ1n) is 28.6. The van der Waals surface area contributed by atoms with E-state index in [2.05, 4.69) is 314 Å². The topological polar surface area (TPSA) is 21.7 Å². The highest BCUT2D eigenvalue weighted by Gasteiger charge is 2.52. The maximum absolute atomic E-state index is 6.68. The van der Waals surface area contributed by atoms with Crippen LogP contribution in [-0.2, 0) is 10.8 Å². The van der Waals surface area contributed by atoms with Crippen molar-refractivity contribution in [2.75, 3.05) is 4.90 Å². The Hall–Kier alpha value is -10.7. The first kappa shape index (κ1) is 47.1. The Morgan fingerprint density at radius 2 is 0.590 bits per heavy atom. The van der Waals surface area contributed by atoms with E-state index in [-0.39, 0.29) is 0 Å². The van der Waals surface area contributed by atoms with Crippen LogP contribution in [0, 0.1) is 0 Å². The Morgan fingerprint density at radius 3 is 1.20 bits per heavy atom. The Kier molecular flexibility index (Phi) is 10.4. The Morgan fingerprint density at radius 1 is 0.205 bits per heavy atom. The zero-order chi connectivity index (χ0) is 54.6. The second-order valence-electron chi connectivity index (χ2n) is 22.2. The van der Waals surface area contributed by atoms with Crippen LogP contribution >= 0.6 is 0 Å². The minimum Gasteiger partial charge on any atom is -0.457 e. The van der Waals surface area contributed by atoms with E-state index in [1.54, 1.807) is 0 Å². The Bertz CT molecular complexity index is 4660. The van der Waals surface area contributed by atoms with Crippen molar-refractivity contribution in [2.45, 2.75) is 10.8 Å². The van der Waals surface area contributed by atoms with Crippen LogP contribution in [0.2, 0.25) is 0 Å². The molecule has 13 aromatic rings. The van der Waals surface area contributed by atoms with Crippen molar-refractivity contribution < 1.29 is 9.47 Å². The number of hydrogen-bond donors (Lipinski definition) is 0. The molecule has 0 aromatic heterocycles. The van der Waals surface area contributed by atoms with Crippen molar-refractivity contribution in [1.29, 1.82) is 0 Å². The molecule has 0 N–H and O–H groups in total. The van der Waals surface area contributed by atoms with Crippen molar-refractivity contribution >= 4 is 17.1 Å². The van der Waals surface area contributed by atoms with Gasteiger partial charge in [-0.3, -0.25) is 0 Å². The van der Waals surface area contributed by atoms with Crippen LogP contribution in [0.1, 0.15) is 44.5 Å². The number of fused-ring (bicyclic) bond motifs is 18. The number of rotatable bonds is 7. The molecule has 0 radical (unpaired) electrons. The number of nitrogens with zero attached hydrogens (tertiary/aromatic N) is 1. The number of ether oxygens (including phenoxy) is 2. The SMILES string of the molecule is c1ccc(-c2ccc(-c3ccccc3N(c3ccc(-c4ccc5c(c4)C4(c6ccccc6Oc6ccccc64)c4ccccc4-5)cc3)c3cccc(-c4ccc5c(c4)-c4ccccc4C54c5ccccc5Oc5ccccc54)c3)cc2)cc1. The molecule has 2 spiro atoms. The van der Waals surface area contributed by atoms with Gasteiger partial charge >= 0.3 is 0 Å². The summed E-state index contributed by atoms with van der Waals surface area (Å²) >= 11 is 0. The fourth-order valence-electron chi connectivity index (χ4n) is 14.5. The van der Waals surface area contributed by atoms with Crippen molar-refractivity contribution in [3.05, 3.63) is 354 Å². The van der Waals surface area contributed by atoms with E-state index in [4.69, 9.17) is 9.47 Å². The van der Waals surface area contributed by atoms with Crippen molar-refractivity contribution in [1.82, 2.24) is 0 Å². The van der Waals surface area contributed by atoms with Crippen molar-refractivity contribution in [2.24, 2.45) is 0 Å². The van der Waals surface area contributed by atoms with Crippen LogP contribution in [0.5, 0.6) is 23.0 Å². The molecule has 2 aliphatic heterocycles. The largest absolute Gasteiger partial charge is 0.457 e. The predicted molar refractivity (Wildman–Crippen MR) is 338 cm³/mol. The summed E-state index contributed by atoms with van der Waals surface area (Å²) in [5.41, 5.74) is 26.1. The molecule has 0 amide bonds. The van der Waals surface area contributed by atoms with E-state index in [1.807, 2.05) is 0 Å². The molecule has 0 saturated heterocycles. The molecule has 3 nitrogen and oxygen atoms in total. The van der Waals surface area contributed by atoms with Gasteiger partial charge in [0.2, 0.25) is 0 Å². The molecule has 2 heterocycles. The van der Waals surface area contributed by atoms with Gasteiger partial charge in [0.25, 0.3) is 0 Å². The van der Waals surface area contributed by atoms with E-state index in [0.29, 0.717) is 0 Å². The van der Waals surface area contributed by atoms with E-state index in [0.717, 1.165) is 95.7 Å². The third kappa shape index (κ3) is 6.92. The zero-order valence-electron chi connectivity index (χ0n) is 45.2. The third-order valence-corrected chi connectivity index (χ3v) is 18.0. The summed E-state index contributed by atoms with van der Waals surface area (Å²) in [6.45, 7) is 0. The molecule has 3 heteroatoms. The maximum atomic E-state index is 6.68. The van der Waals surface area contributed by atoms with Gasteiger partial charge in [-0.05, 0) is 150 Å². The summed E-state index contributed by atoms with van der Waals surface area (Å²) in [7, 11) is 0. The quantitative estimate of drug-likeness (QED) is 0.159. The van der Waals surface area contributed by atoms with E-state index < -0.39 is 10.8 Å². The van der Waals surface area contributed by atoms with Gasteiger partial charge in [-0.15, -0.1) is 0 Å². The average molecular weight is 1060 g/mol. The standard InChI is InChI=1S/C80H51NO2/c1-2-19-52(20-3-1)53-37-39-55(40-38-53)61-23-6-13-32-74(61)81(59-45-41-54(42-46-59)58-43-47-64-62-24-4-7-26-66(62)80(73(64)51-58)71-30-11-16-35-77(71)83-78-36-17-12-31-72(78)80)60-22-18-21-56(49-60)57-44-48-68-65(50-57)63-25-5-8-27-67(63)79(68)69-28-9-14-33-75(69)82-76-34-15-10-29-70(76)79/h1-51H. The summed E-state index contributed by atoms with van der Waals surface area (Å²) in [6.07, 6.45) is 0. The van der Waals surface area contributed by atoms with Crippen LogP contribution in [0.4, 0.5) is 17.1 Å². The molecular formula is C80H51NO2. The number of anilines is 3. The number of benzene rings is 13. The molecule has 13 aromatic carbocycles. The molecule has 0 unspecified atom stereocenters. The fraction of sp³-hybridized carbons (Fsp3) is 0.0250. The highest BCUT2D eigenvalue weighted by atomic mass is 16.5. The van der Waals surface area contributed by atoms with Crippen molar-refractivity contribution in [3.8, 4) is 89.8 Å². The molecule has 0 bridgehead atoms. The molecule has 2 aliphatic carbocycles. The molecular weight excluding hydrogens is 1010 g/mol. The lowest BCUT2D eigenvalue weighted by molar-refractivity contribution is 0.436. The summed E-state index contributed by atoms with van der Waals surface area (Å²) in [4.78, 5) is 2.44. The zero-order valence-corrected chi connectivity index (χ0v) is 45.2. The van der Waals surface area contributed by atoms with Crippen LogP contribution in [0.15, 0.2) is 309 Å². The molecule has 0 atom stereocenters. The minimum atomic E-state index is -0.552. The van der Waals surface area contributed by atoms with Crippen LogP contribution in [0.25, 0.3) is 66.8 Å². The maximum Gasteiger partial charge on any atom is 0.132 e. The summed E-state index contributed by atoms with van der Waals surface area (Å²) in [6, 6.07) is 113. The monoisotopic (exact) mass is 1060 g/mol. The van der Waals surface area contributed by atoms with Gasteiger partial charge in [-0.25, -0.2) is 0 Å². The Labute approximate surface area is 483 Å². The third-order valence-electron chi connectivity index (χ3n) is 18.0. The summed E-state index contributed by atoms with van der Waals surface area (Å²) < 4.78 is 13.3. The first-order chi connectivity index (χ1) is 41.1. The average Bonchev–Trinajstić information content (AvgIpc) is 1.66. The fourth-order valence-corrected chi connectivity index (χ4v) is 14.5. The van der Waals surface area contributed by atoms with E-state index >= 15 is 0 Å². The molecule has 4 aliphatic rings. The smallest absolute Gasteiger partial charge is 0.132 e. The van der Waals surface area contributed by atoms with Gasteiger partial charge in [-0.1, -0.05) is 243 Å². The second-order valence-corrected chi connectivity index (χ2v) is 22.2. The van der Waals surface area contributed by atoms with Gasteiger partial charge in [0.1, 0.15) is 23.0 Å². The number of hydrogen-bond acceptors (Lipinski definition) is 3. The molecule has 17 rings (SSSR count). The lowest BCUT2D eigenvalue weighted by atomic mass is 9.66. The highest BCUT2D eigenvalue weighted by Crippen LogP contribution is 2.64. The van der Waals surface area contributed by atoms with Gasteiger partial charge in [0, 0.05) is 39.2 Å². The van der Waals surface area contributed by atoms with Gasteiger partial charge in [0.15, 0.2) is 0 Å². The molecule has 83 heavy (non-hydrogen) atoms. The second kappa shape index (κ2) is 18.4. The lowest BCUT2D eigenvalue weighted by Gasteiger charge is -2.39. The Balaban J connectivity index is 0.805. The molecule has 0 saturated carbocycles. The van der Waals surface area contributed by atoms with Gasteiger partial charge < -0.3 is 14.4 Å². The molecule has 388 valence electrons. The van der Waals surface area contributed by atoms with E-state index in [9.17, 15) is 0 Å². The van der Waals surface area contributed by atoms with Crippen LogP contribution in [-0.4, -0.2) is 0 Å². The number of para-hydroxylation sites is 5. The predicted octanol–water partition coefficient (Wildman–Crippen LogP) is 20.8. The van der Waals surface area contributed by atoms with Crippen LogP contribution in [0.3, 0.4) is 0 Å². The normalized spacial score (nSPS) is 13.7.